The largest absolute Gasteiger partial charge is 0.465 e. The molecule has 0 bridgehead atoms. The van der Waals surface area contributed by atoms with E-state index < -0.39 is 46.2 Å². The number of aliphatic hydroxyl groups is 1. The van der Waals surface area contributed by atoms with Gasteiger partial charge in [-0.2, -0.15) is 0 Å². The molecule has 1 amide bonds. The van der Waals surface area contributed by atoms with Crippen molar-refractivity contribution >= 4 is 29.3 Å². The van der Waals surface area contributed by atoms with E-state index in [2.05, 4.69) is 0 Å². The van der Waals surface area contributed by atoms with Gasteiger partial charge in [-0.15, -0.1) is 0 Å². The van der Waals surface area contributed by atoms with Crippen molar-refractivity contribution in [3.8, 4) is 0 Å². The molecule has 0 radical (unpaired) electrons. The number of nitro benzene ring substituents is 1. The first-order valence-electron chi connectivity index (χ1n) is 9.11. The number of nitro groups is 1. The van der Waals surface area contributed by atoms with Gasteiger partial charge in [-0.25, -0.2) is 4.79 Å². The minimum Gasteiger partial charge on any atom is -0.465 e. The summed E-state index contributed by atoms with van der Waals surface area (Å²) in [6, 6.07) is 4.15. The maximum Gasteiger partial charge on any atom is 0.356 e. The van der Waals surface area contributed by atoms with Gasteiger partial charge >= 0.3 is 11.9 Å². The first-order chi connectivity index (χ1) is 14.0. The molecule has 11 nitrogen and oxygen atoms in total. The second-order valence-electron chi connectivity index (χ2n) is 6.90. The number of aliphatic hydroxyl groups excluding tert-OH is 1. The fraction of sp³-hybridized carbons (Fsp3) is 0.474. The molecule has 30 heavy (non-hydrogen) atoms. The van der Waals surface area contributed by atoms with E-state index in [1.54, 1.807) is 6.92 Å². The number of hydrogen-bond acceptors (Lipinski definition) is 9. The lowest BCUT2D eigenvalue weighted by atomic mass is 9.72. The van der Waals surface area contributed by atoms with Crippen LogP contribution in [0, 0.1) is 15.5 Å². The summed E-state index contributed by atoms with van der Waals surface area (Å²) in [5.41, 5.74) is -1.46. The number of non-ortho nitro benzene ring substituents is 1. The quantitative estimate of drug-likeness (QED) is 0.199. The van der Waals surface area contributed by atoms with Crippen molar-refractivity contribution in [1.82, 2.24) is 4.90 Å². The summed E-state index contributed by atoms with van der Waals surface area (Å²) in [5, 5.41) is 21.0. The number of rotatable bonds is 9. The number of benzene rings is 1. The van der Waals surface area contributed by atoms with Crippen LogP contribution in [-0.4, -0.2) is 57.4 Å². The van der Waals surface area contributed by atoms with Crippen LogP contribution in [0.25, 0.3) is 0 Å². The molecule has 3 unspecified atom stereocenters. The van der Waals surface area contributed by atoms with Gasteiger partial charge in [0, 0.05) is 18.6 Å². The van der Waals surface area contributed by atoms with E-state index in [0.717, 1.165) is 11.8 Å². The molecular formula is C19H22N2O9. The zero-order valence-electron chi connectivity index (χ0n) is 16.7. The van der Waals surface area contributed by atoms with Crippen molar-refractivity contribution in [2.45, 2.75) is 46.1 Å². The molecule has 3 atom stereocenters. The van der Waals surface area contributed by atoms with Gasteiger partial charge in [-0.3, -0.25) is 24.5 Å². The van der Waals surface area contributed by atoms with Gasteiger partial charge in [-0.05, 0) is 38.5 Å². The van der Waals surface area contributed by atoms with Crippen molar-refractivity contribution in [2.75, 3.05) is 6.61 Å². The summed E-state index contributed by atoms with van der Waals surface area (Å²) < 4.78 is 9.91. The Labute approximate surface area is 171 Å². The number of amides is 1. The predicted octanol–water partition coefficient (Wildman–Crippen LogP) is 0.716. The second-order valence-corrected chi connectivity index (χ2v) is 6.90. The molecule has 1 heterocycles. The summed E-state index contributed by atoms with van der Waals surface area (Å²) >= 11 is 0. The van der Waals surface area contributed by atoms with Crippen LogP contribution in [0.2, 0.25) is 0 Å². The van der Waals surface area contributed by atoms with Gasteiger partial charge in [0.2, 0.25) is 12.1 Å². The zero-order valence-corrected chi connectivity index (χ0v) is 16.7. The smallest absolute Gasteiger partial charge is 0.356 e. The Morgan fingerprint density at radius 1 is 1.30 bits per heavy atom. The molecule has 1 saturated heterocycles. The third-order valence-corrected chi connectivity index (χ3v) is 5.09. The standard InChI is InChI=1S/C19H22N2O9/c1-4-29-18(26)19(3,11(2)22)14-9-15(23)20(14)16(24)17(25)30-10-12-5-7-13(8-6-12)21(27)28/h5-8,14,16,24H,4,9-10H2,1-3H3. The molecule has 2 rings (SSSR count). The van der Waals surface area contributed by atoms with Crippen LogP contribution in [0.15, 0.2) is 24.3 Å². The minimum absolute atomic E-state index is 0.0161. The van der Waals surface area contributed by atoms with Gasteiger partial charge < -0.3 is 19.5 Å². The Morgan fingerprint density at radius 3 is 2.37 bits per heavy atom. The van der Waals surface area contributed by atoms with Crippen molar-refractivity contribution < 1.29 is 38.7 Å². The summed E-state index contributed by atoms with van der Waals surface area (Å²) in [6.45, 7) is 3.74. The van der Waals surface area contributed by atoms with Crippen molar-refractivity contribution in [2.24, 2.45) is 5.41 Å². The van der Waals surface area contributed by atoms with E-state index in [0.29, 0.717) is 5.56 Å². The fourth-order valence-corrected chi connectivity index (χ4v) is 3.07. The highest BCUT2D eigenvalue weighted by Crippen LogP contribution is 2.38. The van der Waals surface area contributed by atoms with Gasteiger partial charge in [-0.1, -0.05) is 0 Å². The van der Waals surface area contributed by atoms with Crippen LogP contribution in [-0.2, 0) is 35.3 Å². The number of esters is 2. The lowest BCUT2D eigenvalue weighted by molar-refractivity contribution is -0.384. The Kier molecular flexibility index (Phi) is 6.88. The van der Waals surface area contributed by atoms with E-state index in [4.69, 9.17) is 9.47 Å². The van der Waals surface area contributed by atoms with E-state index in [1.165, 1.54) is 31.2 Å². The van der Waals surface area contributed by atoms with Gasteiger partial charge in [0.05, 0.1) is 17.6 Å². The monoisotopic (exact) mass is 422 g/mol. The van der Waals surface area contributed by atoms with E-state index in [-0.39, 0.29) is 25.3 Å². The normalized spacial score (nSPS) is 18.6. The van der Waals surface area contributed by atoms with E-state index in [1.807, 2.05) is 0 Å². The van der Waals surface area contributed by atoms with E-state index >= 15 is 0 Å². The molecule has 1 aromatic rings. The van der Waals surface area contributed by atoms with Crippen molar-refractivity contribution in [3.05, 3.63) is 39.9 Å². The molecule has 11 heteroatoms. The lowest BCUT2D eigenvalue weighted by Gasteiger charge is -2.48. The topological polar surface area (TPSA) is 153 Å². The molecule has 0 aromatic heterocycles. The number of ketones is 1. The van der Waals surface area contributed by atoms with Crippen LogP contribution < -0.4 is 0 Å². The first kappa shape index (κ1) is 22.9. The average molecular weight is 422 g/mol. The van der Waals surface area contributed by atoms with E-state index in [9.17, 15) is 34.4 Å². The number of carbonyl (C=O) groups excluding carboxylic acids is 4. The zero-order chi connectivity index (χ0) is 22.6. The number of ether oxygens (including phenoxy) is 2. The lowest BCUT2D eigenvalue weighted by Crippen LogP contribution is -2.68. The maximum atomic E-state index is 12.3. The number of Topliss-reactive ketones (excluding diaryl/α,β-unsaturated/α-hetero) is 1. The van der Waals surface area contributed by atoms with Gasteiger partial charge in [0.1, 0.15) is 17.8 Å². The third-order valence-electron chi connectivity index (χ3n) is 5.09. The molecule has 1 fully saturated rings. The molecular weight excluding hydrogens is 400 g/mol. The number of hydrogen-bond donors (Lipinski definition) is 1. The third kappa shape index (κ3) is 4.30. The van der Waals surface area contributed by atoms with Crippen molar-refractivity contribution in [3.63, 3.8) is 0 Å². The molecule has 0 spiro atoms. The second kappa shape index (κ2) is 8.99. The molecule has 0 aliphatic carbocycles. The molecule has 0 saturated carbocycles. The predicted molar refractivity (Wildman–Crippen MR) is 99.6 cm³/mol. The van der Waals surface area contributed by atoms with Gasteiger partial charge in [0.25, 0.3) is 5.69 Å². The van der Waals surface area contributed by atoms with Crippen LogP contribution in [0.5, 0.6) is 0 Å². The molecule has 1 aliphatic heterocycles. The Hall–Kier alpha value is -3.34. The fourth-order valence-electron chi connectivity index (χ4n) is 3.07. The van der Waals surface area contributed by atoms with Gasteiger partial charge in [0.15, 0.2) is 0 Å². The summed E-state index contributed by atoms with van der Waals surface area (Å²) in [4.78, 5) is 59.6. The highest BCUT2D eigenvalue weighted by Gasteiger charge is 2.58. The highest BCUT2D eigenvalue weighted by atomic mass is 16.6. The SMILES string of the molecule is CCOC(=O)C(C)(C(C)=O)C1CC(=O)N1C(O)C(=O)OCc1ccc([N+](=O)[O-])cc1. The maximum absolute atomic E-state index is 12.3. The Bertz CT molecular complexity index is 867. The highest BCUT2D eigenvalue weighted by molar-refractivity contribution is 6.05. The van der Waals surface area contributed by atoms with Crippen molar-refractivity contribution in [1.29, 1.82) is 0 Å². The number of β-lactam (4-membered cyclic amide) rings is 1. The van der Waals surface area contributed by atoms with Crippen LogP contribution >= 0.6 is 0 Å². The minimum atomic E-state index is -2.03. The molecule has 1 aliphatic rings. The number of carbonyl (C=O) groups is 4. The average Bonchev–Trinajstić information content (AvgIpc) is 2.69. The van der Waals surface area contributed by atoms with Crippen LogP contribution in [0.1, 0.15) is 32.8 Å². The van der Waals surface area contributed by atoms with Crippen LogP contribution in [0.4, 0.5) is 5.69 Å². The first-order valence-corrected chi connectivity index (χ1v) is 9.11. The number of likely N-dealkylation sites (tertiary alicyclic amines) is 1. The number of nitrogens with zero attached hydrogens (tertiary/aromatic N) is 2. The summed E-state index contributed by atoms with van der Waals surface area (Å²) in [6.07, 6.45) is -2.25. The summed E-state index contributed by atoms with van der Waals surface area (Å²) in [5.74, 6) is -3.22. The van der Waals surface area contributed by atoms with Crippen LogP contribution in [0.3, 0.4) is 0 Å². The Morgan fingerprint density at radius 2 is 1.90 bits per heavy atom. The molecule has 1 aromatic carbocycles. The molecule has 162 valence electrons. The molecule has 1 N–H and O–H groups in total. The Balaban J connectivity index is 2.09. The summed E-state index contributed by atoms with van der Waals surface area (Å²) in [7, 11) is 0.